The van der Waals surface area contributed by atoms with Crippen molar-refractivity contribution in [3.8, 4) is 5.75 Å². The average molecular weight is 369 g/mol. The monoisotopic (exact) mass is 368 g/mol. The van der Waals surface area contributed by atoms with Gasteiger partial charge in [-0.3, -0.25) is 4.57 Å². The van der Waals surface area contributed by atoms with Gasteiger partial charge in [0, 0.05) is 10.6 Å². The Balaban J connectivity index is 2.19. The van der Waals surface area contributed by atoms with Gasteiger partial charge in [-0.2, -0.15) is 0 Å². The number of hydrogen-bond donors (Lipinski definition) is 0. The Morgan fingerprint density at radius 3 is 2.29 bits per heavy atom. The van der Waals surface area contributed by atoms with Crippen molar-refractivity contribution >= 4 is 19.2 Å². The molecule has 0 heterocycles. The van der Waals surface area contributed by atoms with Gasteiger partial charge < -0.3 is 13.8 Å². The minimum atomic E-state index is -3.22. The number of halogens is 1. The lowest BCUT2D eigenvalue weighted by Gasteiger charge is -2.19. The molecule has 0 amide bonds. The van der Waals surface area contributed by atoms with E-state index in [0.717, 1.165) is 5.56 Å². The van der Waals surface area contributed by atoms with Crippen LogP contribution in [0.15, 0.2) is 48.5 Å². The lowest BCUT2D eigenvalue weighted by atomic mass is 10.2. The normalized spacial score (nSPS) is 11.5. The third-order valence-corrected chi connectivity index (χ3v) is 5.54. The van der Waals surface area contributed by atoms with E-state index in [1.54, 1.807) is 32.0 Å². The second kappa shape index (κ2) is 9.24. The predicted molar refractivity (Wildman–Crippen MR) is 96.8 cm³/mol. The van der Waals surface area contributed by atoms with Crippen LogP contribution in [0.25, 0.3) is 0 Å². The van der Waals surface area contributed by atoms with Crippen LogP contribution in [0.1, 0.15) is 25.0 Å². The summed E-state index contributed by atoms with van der Waals surface area (Å²) in [7, 11) is -3.22. The Morgan fingerprint density at radius 1 is 1.00 bits per heavy atom. The average Bonchev–Trinajstić information content (AvgIpc) is 2.55. The molecule has 0 unspecified atom stereocenters. The van der Waals surface area contributed by atoms with E-state index in [2.05, 4.69) is 0 Å². The Hall–Kier alpha value is -1.32. The standard InChI is InChI=1S/C18H22ClO4P/c1-3-22-24(20,23-4-2)14-16-12-17(19)10-11-18(16)21-13-15-8-6-5-7-9-15/h5-12H,3-4,13-14H2,1-2H3. The van der Waals surface area contributed by atoms with Gasteiger partial charge in [0.05, 0.1) is 19.4 Å². The molecule has 0 saturated heterocycles. The predicted octanol–water partition coefficient (Wildman–Crippen LogP) is 5.69. The lowest BCUT2D eigenvalue weighted by Crippen LogP contribution is -2.02. The highest BCUT2D eigenvalue weighted by molar-refractivity contribution is 7.53. The first-order chi connectivity index (χ1) is 11.6. The fourth-order valence-electron chi connectivity index (χ4n) is 2.28. The van der Waals surface area contributed by atoms with Crippen LogP contribution in [-0.2, 0) is 26.4 Å². The zero-order chi connectivity index (χ0) is 17.4. The molecule has 6 heteroatoms. The quantitative estimate of drug-likeness (QED) is 0.534. The number of ether oxygens (including phenoxy) is 1. The molecule has 4 nitrogen and oxygen atoms in total. The molecule has 2 rings (SSSR count). The summed E-state index contributed by atoms with van der Waals surface area (Å²) in [6.45, 7) is 4.63. The van der Waals surface area contributed by atoms with Crippen molar-refractivity contribution in [2.24, 2.45) is 0 Å². The Labute approximate surface area is 148 Å². The van der Waals surface area contributed by atoms with Gasteiger partial charge in [0.2, 0.25) is 0 Å². The Kier molecular flexibility index (Phi) is 7.32. The molecule has 0 aliphatic heterocycles. The summed E-state index contributed by atoms with van der Waals surface area (Å²) in [6.07, 6.45) is 0.124. The SMILES string of the molecule is CCOP(=O)(Cc1cc(Cl)ccc1OCc1ccccc1)OCC. The van der Waals surface area contributed by atoms with E-state index in [0.29, 0.717) is 36.2 Å². The van der Waals surface area contributed by atoms with Crippen LogP contribution in [0, 0.1) is 0 Å². The van der Waals surface area contributed by atoms with Crippen LogP contribution in [0.3, 0.4) is 0 Å². The Morgan fingerprint density at radius 2 is 1.67 bits per heavy atom. The molecule has 2 aromatic rings. The summed E-state index contributed by atoms with van der Waals surface area (Å²) >= 11 is 6.09. The highest BCUT2D eigenvalue weighted by atomic mass is 35.5. The van der Waals surface area contributed by atoms with Crippen molar-refractivity contribution in [2.45, 2.75) is 26.6 Å². The Bertz CT molecular complexity index is 681. The molecule has 0 aromatic heterocycles. The summed E-state index contributed by atoms with van der Waals surface area (Å²) in [5.74, 6) is 0.628. The van der Waals surface area contributed by atoms with Crippen LogP contribution in [0.4, 0.5) is 0 Å². The number of rotatable bonds is 9. The topological polar surface area (TPSA) is 44.8 Å². The van der Waals surface area contributed by atoms with Crippen LogP contribution >= 0.6 is 19.2 Å². The van der Waals surface area contributed by atoms with Gasteiger partial charge in [-0.25, -0.2) is 0 Å². The summed E-state index contributed by atoms with van der Waals surface area (Å²) in [5.41, 5.74) is 1.76. The van der Waals surface area contributed by atoms with Crippen LogP contribution in [0.5, 0.6) is 5.75 Å². The van der Waals surface area contributed by atoms with Crippen LogP contribution in [-0.4, -0.2) is 13.2 Å². The van der Waals surface area contributed by atoms with Crippen molar-refractivity contribution in [1.82, 2.24) is 0 Å². The lowest BCUT2D eigenvalue weighted by molar-refractivity contribution is 0.218. The summed E-state index contributed by atoms with van der Waals surface area (Å²) < 4.78 is 29.4. The number of benzene rings is 2. The highest BCUT2D eigenvalue weighted by Crippen LogP contribution is 2.52. The van der Waals surface area contributed by atoms with E-state index >= 15 is 0 Å². The molecular formula is C18H22ClO4P. The minimum Gasteiger partial charge on any atom is -0.489 e. The molecule has 0 N–H and O–H groups in total. The molecule has 130 valence electrons. The van der Waals surface area contributed by atoms with Crippen LogP contribution < -0.4 is 4.74 Å². The molecule has 0 spiro atoms. The fraction of sp³-hybridized carbons (Fsp3) is 0.333. The van der Waals surface area contributed by atoms with Crippen molar-refractivity contribution < 1.29 is 18.3 Å². The fourth-order valence-corrected chi connectivity index (χ4v) is 4.18. The van der Waals surface area contributed by atoms with Gasteiger partial charge in [-0.15, -0.1) is 0 Å². The molecular weight excluding hydrogens is 347 g/mol. The van der Waals surface area contributed by atoms with E-state index in [1.165, 1.54) is 0 Å². The summed E-state index contributed by atoms with van der Waals surface area (Å²) in [6, 6.07) is 15.1. The van der Waals surface area contributed by atoms with Crippen molar-refractivity contribution in [3.63, 3.8) is 0 Å². The molecule has 0 aliphatic rings. The van der Waals surface area contributed by atoms with E-state index in [4.69, 9.17) is 25.4 Å². The summed E-state index contributed by atoms with van der Waals surface area (Å²) in [5, 5.41) is 0.552. The van der Waals surface area contributed by atoms with Crippen molar-refractivity contribution in [3.05, 3.63) is 64.7 Å². The molecule has 0 atom stereocenters. The smallest absolute Gasteiger partial charge is 0.335 e. The largest absolute Gasteiger partial charge is 0.489 e. The highest BCUT2D eigenvalue weighted by Gasteiger charge is 2.26. The number of hydrogen-bond acceptors (Lipinski definition) is 4. The van der Waals surface area contributed by atoms with Gasteiger partial charge in [-0.05, 0) is 37.6 Å². The maximum Gasteiger partial charge on any atom is 0.335 e. The molecule has 24 heavy (non-hydrogen) atoms. The van der Waals surface area contributed by atoms with Crippen LogP contribution in [0.2, 0.25) is 5.02 Å². The first-order valence-electron chi connectivity index (χ1n) is 7.89. The summed E-state index contributed by atoms with van der Waals surface area (Å²) in [4.78, 5) is 0. The van der Waals surface area contributed by atoms with E-state index in [1.807, 2.05) is 30.3 Å². The first-order valence-corrected chi connectivity index (χ1v) is 10.00. The second-order valence-electron chi connectivity index (χ2n) is 5.13. The zero-order valence-corrected chi connectivity index (χ0v) is 15.6. The minimum absolute atomic E-state index is 0.124. The molecule has 0 fully saturated rings. The molecule has 0 bridgehead atoms. The van der Waals surface area contributed by atoms with Gasteiger partial charge in [0.25, 0.3) is 0 Å². The molecule has 0 saturated carbocycles. The van der Waals surface area contributed by atoms with Gasteiger partial charge in [0.15, 0.2) is 0 Å². The van der Waals surface area contributed by atoms with Gasteiger partial charge in [0.1, 0.15) is 12.4 Å². The second-order valence-corrected chi connectivity index (χ2v) is 7.62. The van der Waals surface area contributed by atoms with Gasteiger partial charge in [-0.1, -0.05) is 41.9 Å². The van der Waals surface area contributed by atoms with E-state index in [9.17, 15) is 4.57 Å². The van der Waals surface area contributed by atoms with E-state index < -0.39 is 7.60 Å². The van der Waals surface area contributed by atoms with E-state index in [-0.39, 0.29) is 6.16 Å². The van der Waals surface area contributed by atoms with Crippen molar-refractivity contribution in [2.75, 3.05) is 13.2 Å². The third kappa shape index (κ3) is 5.64. The third-order valence-electron chi connectivity index (χ3n) is 3.28. The van der Waals surface area contributed by atoms with Gasteiger partial charge >= 0.3 is 7.60 Å². The maximum absolute atomic E-state index is 12.8. The zero-order valence-electron chi connectivity index (χ0n) is 13.9. The molecule has 0 radical (unpaired) electrons. The molecule has 0 aliphatic carbocycles. The maximum atomic E-state index is 12.8. The first kappa shape index (κ1) is 19.0. The molecule has 2 aromatic carbocycles. The van der Waals surface area contributed by atoms with Crippen molar-refractivity contribution in [1.29, 1.82) is 0 Å².